The van der Waals surface area contributed by atoms with E-state index < -0.39 is 11.9 Å². The first-order chi connectivity index (χ1) is 15.5. The maximum Gasteiger partial charge on any atom is 0.238 e. The van der Waals surface area contributed by atoms with Gasteiger partial charge in [-0.15, -0.1) is 0 Å². The van der Waals surface area contributed by atoms with E-state index in [-0.39, 0.29) is 24.3 Å². The summed E-state index contributed by atoms with van der Waals surface area (Å²) in [5.74, 6) is -0.333. The Bertz CT molecular complexity index is 921. The molecule has 1 fully saturated rings. The van der Waals surface area contributed by atoms with Gasteiger partial charge in [-0.25, -0.2) is 4.39 Å². The fourth-order valence-electron chi connectivity index (χ4n) is 3.89. The number of para-hydroxylation sites is 2. The lowest BCUT2D eigenvalue weighted by Gasteiger charge is -2.40. The number of carbonyl (C=O) groups excluding carboxylic acids is 1. The molecule has 1 heterocycles. The van der Waals surface area contributed by atoms with Gasteiger partial charge in [0, 0.05) is 37.9 Å². The molecule has 7 heteroatoms. The number of halogens is 1. The zero-order valence-electron chi connectivity index (χ0n) is 18.7. The zero-order valence-corrected chi connectivity index (χ0v) is 18.7. The lowest BCUT2D eigenvalue weighted by molar-refractivity contribution is -0.118. The van der Waals surface area contributed by atoms with Crippen LogP contribution in [0.2, 0.25) is 0 Å². The van der Waals surface area contributed by atoms with Crippen molar-refractivity contribution in [1.29, 1.82) is 0 Å². The molecule has 0 aromatic heterocycles. The maximum atomic E-state index is 13.6. The summed E-state index contributed by atoms with van der Waals surface area (Å²) in [4.78, 5) is 16.9. The maximum absolute atomic E-state index is 13.6. The van der Waals surface area contributed by atoms with Crippen molar-refractivity contribution in [2.45, 2.75) is 26.0 Å². The van der Waals surface area contributed by atoms with Crippen LogP contribution >= 0.6 is 0 Å². The normalized spacial score (nSPS) is 18.6. The van der Waals surface area contributed by atoms with Crippen molar-refractivity contribution in [2.75, 3.05) is 44.6 Å². The molecular weight excluding hydrogens is 409 g/mol. The molecule has 2 N–H and O–H groups in total. The summed E-state index contributed by atoms with van der Waals surface area (Å²) < 4.78 is 19.1. The molecule has 172 valence electrons. The number of amides is 1. The van der Waals surface area contributed by atoms with E-state index >= 15 is 0 Å². The van der Waals surface area contributed by atoms with Crippen LogP contribution < -0.4 is 10.1 Å². The molecule has 2 aromatic carbocycles. The van der Waals surface area contributed by atoms with E-state index in [1.807, 2.05) is 43.3 Å². The molecule has 1 aliphatic rings. The van der Waals surface area contributed by atoms with E-state index in [2.05, 4.69) is 22.0 Å². The Balaban J connectivity index is 1.43. The second-order valence-corrected chi connectivity index (χ2v) is 8.11. The van der Waals surface area contributed by atoms with Crippen LogP contribution in [0.25, 0.3) is 6.08 Å². The smallest absolute Gasteiger partial charge is 0.238 e. The van der Waals surface area contributed by atoms with Crippen molar-refractivity contribution in [3.8, 4) is 5.75 Å². The minimum Gasteiger partial charge on any atom is -0.488 e. The van der Waals surface area contributed by atoms with Gasteiger partial charge in [0.2, 0.25) is 5.91 Å². The third kappa shape index (κ3) is 6.88. The molecule has 2 aromatic rings. The second kappa shape index (κ2) is 11.8. The first-order valence-corrected chi connectivity index (χ1v) is 11.0. The summed E-state index contributed by atoms with van der Waals surface area (Å²) in [5.41, 5.74) is 1.79. The number of nitrogens with one attached hydrogen (secondary N) is 1. The average Bonchev–Trinajstić information content (AvgIpc) is 2.76. The van der Waals surface area contributed by atoms with Crippen LogP contribution in [0, 0.1) is 5.82 Å². The Hall–Kier alpha value is -2.74. The summed E-state index contributed by atoms with van der Waals surface area (Å²) in [6.07, 6.45) is 3.19. The number of anilines is 1. The number of carbonyl (C=O) groups is 1. The third-order valence-electron chi connectivity index (χ3n) is 5.51. The van der Waals surface area contributed by atoms with Gasteiger partial charge < -0.3 is 15.2 Å². The van der Waals surface area contributed by atoms with Crippen molar-refractivity contribution in [3.05, 3.63) is 66.0 Å². The van der Waals surface area contributed by atoms with Crippen molar-refractivity contribution < 1.29 is 19.0 Å². The molecule has 0 unspecified atom stereocenters. The number of ether oxygens (including phenoxy) is 1. The first kappa shape index (κ1) is 23.9. The van der Waals surface area contributed by atoms with E-state index in [0.29, 0.717) is 13.1 Å². The minimum absolute atomic E-state index is 0.0297. The Kier molecular flexibility index (Phi) is 8.79. The van der Waals surface area contributed by atoms with Gasteiger partial charge in [0.05, 0.1) is 6.54 Å². The van der Waals surface area contributed by atoms with Crippen molar-refractivity contribution in [3.63, 3.8) is 0 Å². The van der Waals surface area contributed by atoms with Crippen LogP contribution in [-0.4, -0.2) is 72.3 Å². The minimum atomic E-state index is -0.727. The number of hydrogen-bond acceptors (Lipinski definition) is 5. The van der Waals surface area contributed by atoms with Gasteiger partial charge in [-0.1, -0.05) is 42.5 Å². The highest BCUT2D eigenvalue weighted by molar-refractivity contribution is 5.94. The van der Waals surface area contributed by atoms with Crippen LogP contribution in [0.1, 0.15) is 19.4 Å². The molecule has 1 saturated heterocycles. The second-order valence-electron chi connectivity index (χ2n) is 8.11. The quantitative estimate of drug-likeness (QED) is 0.626. The monoisotopic (exact) mass is 441 g/mol. The number of allylic oxidation sites excluding steroid dienone is 1. The average molecular weight is 442 g/mol. The number of hydrogen-bond donors (Lipinski definition) is 2. The van der Waals surface area contributed by atoms with Crippen LogP contribution in [-0.2, 0) is 4.79 Å². The fourth-order valence-corrected chi connectivity index (χ4v) is 3.89. The Labute approximate surface area is 189 Å². The molecule has 0 radical (unpaired) electrons. The van der Waals surface area contributed by atoms with Crippen molar-refractivity contribution in [1.82, 2.24) is 9.80 Å². The van der Waals surface area contributed by atoms with Gasteiger partial charge in [-0.3, -0.25) is 14.6 Å². The van der Waals surface area contributed by atoms with E-state index in [9.17, 15) is 14.3 Å². The van der Waals surface area contributed by atoms with E-state index in [4.69, 9.17) is 4.74 Å². The number of piperazine rings is 1. The van der Waals surface area contributed by atoms with Crippen LogP contribution in [0.4, 0.5) is 10.1 Å². The molecule has 0 bridgehead atoms. The van der Waals surface area contributed by atoms with Crippen LogP contribution in [0.5, 0.6) is 5.75 Å². The number of aliphatic hydroxyl groups excluding tert-OH is 1. The number of aliphatic hydroxyl groups is 1. The highest BCUT2D eigenvalue weighted by Gasteiger charge is 2.26. The van der Waals surface area contributed by atoms with Gasteiger partial charge in [-0.05, 0) is 37.6 Å². The summed E-state index contributed by atoms with van der Waals surface area (Å²) >= 11 is 0. The largest absolute Gasteiger partial charge is 0.488 e. The molecular formula is C25H32FN3O3. The van der Waals surface area contributed by atoms with Crippen LogP contribution in [0.15, 0.2) is 54.6 Å². The Morgan fingerprint density at radius 1 is 1.25 bits per heavy atom. The standard InChI is InChI=1S/C25H32FN3O3/c1-3-8-20-9-4-6-11-23(20)27-25(31)17-28-13-14-29(19(2)15-28)16-21(30)18-32-24-12-7-5-10-22(24)26/h3-12,19,21,30H,13-18H2,1-2H3,(H,27,31)/t19-,21-/m0/s1. The predicted molar refractivity (Wildman–Crippen MR) is 125 cm³/mol. The number of benzene rings is 2. The molecule has 0 spiro atoms. The van der Waals surface area contributed by atoms with Gasteiger partial charge in [-0.2, -0.15) is 0 Å². The lowest BCUT2D eigenvalue weighted by Crippen LogP contribution is -2.55. The lowest BCUT2D eigenvalue weighted by atomic mass is 10.1. The topological polar surface area (TPSA) is 65.0 Å². The molecule has 0 aliphatic carbocycles. The third-order valence-corrected chi connectivity index (χ3v) is 5.51. The summed E-state index contributed by atoms with van der Waals surface area (Å²) in [6.45, 7) is 7.01. The van der Waals surface area contributed by atoms with Gasteiger partial charge in [0.25, 0.3) is 0 Å². The van der Waals surface area contributed by atoms with Crippen molar-refractivity contribution in [2.24, 2.45) is 0 Å². The van der Waals surface area contributed by atoms with Crippen LogP contribution in [0.3, 0.4) is 0 Å². The fraction of sp³-hybridized carbons (Fsp3) is 0.400. The van der Waals surface area contributed by atoms with Crippen molar-refractivity contribution >= 4 is 17.7 Å². The Morgan fingerprint density at radius 2 is 2.00 bits per heavy atom. The summed E-state index contributed by atoms with van der Waals surface area (Å²) in [6, 6.07) is 14.1. The summed E-state index contributed by atoms with van der Waals surface area (Å²) in [5, 5.41) is 13.3. The van der Waals surface area contributed by atoms with Gasteiger partial charge in [0.1, 0.15) is 12.7 Å². The molecule has 1 aliphatic heterocycles. The number of β-amino-alcohol motifs (C(OH)–C–C–N with tert-alkyl or cyclic N) is 1. The highest BCUT2D eigenvalue weighted by Crippen LogP contribution is 2.18. The molecule has 3 rings (SSSR count). The SMILES string of the molecule is CC=Cc1ccccc1NC(=O)CN1CCN(C[C@H](O)COc2ccccc2F)[C@@H](C)C1. The highest BCUT2D eigenvalue weighted by atomic mass is 19.1. The molecule has 1 amide bonds. The Morgan fingerprint density at radius 3 is 2.75 bits per heavy atom. The number of rotatable bonds is 9. The molecule has 2 atom stereocenters. The molecule has 0 saturated carbocycles. The first-order valence-electron chi connectivity index (χ1n) is 11.0. The van der Waals surface area contributed by atoms with E-state index in [1.54, 1.807) is 18.2 Å². The van der Waals surface area contributed by atoms with E-state index in [0.717, 1.165) is 30.9 Å². The molecule has 6 nitrogen and oxygen atoms in total. The zero-order chi connectivity index (χ0) is 22.9. The summed E-state index contributed by atoms with van der Waals surface area (Å²) in [7, 11) is 0. The van der Waals surface area contributed by atoms with Gasteiger partial charge >= 0.3 is 0 Å². The van der Waals surface area contributed by atoms with E-state index in [1.165, 1.54) is 6.07 Å². The molecule has 32 heavy (non-hydrogen) atoms. The number of nitrogens with zero attached hydrogens (tertiary/aromatic N) is 2. The van der Waals surface area contributed by atoms with Gasteiger partial charge in [0.15, 0.2) is 11.6 Å². The predicted octanol–water partition coefficient (Wildman–Crippen LogP) is 3.24.